The Bertz CT molecular complexity index is 420. The van der Waals surface area contributed by atoms with E-state index in [4.69, 9.17) is 9.47 Å². The predicted molar refractivity (Wildman–Crippen MR) is 79.4 cm³/mol. The highest BCUT2D eigenvalue weighted by Gasteiger charge is 2.12. The maximum absolute atomic E-state index is 11.5. The molecule has 2 rings (SSSR count). The van der Waals surface area contributed by atoms with Crippen LogP contribution in [0.5, 0.6) is 5.75 Å². The molecule has 1 aromatic rings. The number of hydrogen-bond donors (Lipinski definition) is 0. The number of benzene rings is 1. The van der Waals surface area contributed by atoms with Gasteiger partial charge in [-0.1, -0.05) is 37.8 Å². The SMILES string of the molecule is CC(=O)c1ccccc1OCCOC1CCCCCC1. The van der Waals surface area contributed by atoms with Crippen molar-refractivity contribution in [1.82, 2.24) is 0 Å². The molecular formula is C17H24O3. The van der Waals surface area contributed by atoms with Crippen molar-refractivity contribution in [2.24, 2.45) is 0 Å². The molecule has 0 aromatic heterocycles. The Labute approximate surface area is 121 Å². The number of hydrogen-bond acceptors (Lipinski definition) is 3. The zero-order valence-corrected chi connectivity index (χ0v) is 12.3. The molecule has 3 nitrogen and oxygen atoms in total. The van der Waals surface area contributed by atoms with Crippen LogP contribution < -0.4 is 4.74 Å². The minimum Gasteiger partial charge on any atom is -0.490 e. The molecule has 0 amide bonds. The van der Waals surface area contributed by atoms with Gasteiger partial charge in [0.1, 0.15) is 12.4 Å². The van der Waals surface area contributed by atoms with Gasteiger partial charge in [0.25, 0.3) is 0 Å². The van der Waals surface area contributed by atoms with Crippen LogP contribution in [0.15, 0.2) is 24.3 Å². The van der Waals surface area contributed by atoms with Crippen molar-refractivity contribution in [3.8, 4) is 5.75 Å². The first-order valence-electron chi connectivity index (χ1n) is 7.62. The molecular weight excluding hydrogens is 252 g/mol. The standard InChI is InChI=1S/C17H24O3/c1-14(18)16-10-6-7-11-17(16)20-13-12-19-15-8-4-2-3-5-9-15/h6-7,10-11,15H,2-5,8-9,12-13H2,1H3. The second-order valence-electron chi connectivity index (χ2n) is 5.39. The molecule has 1 fully saturated rings. The number of carbonyl (C=O) groups is 1. The molecule has 0 unspecified atom stereocenters. The van der Waals surface area contributed by atoms with E-state index in [9.17, 15) is 4.79 Å². The van der Waals surface area contributed by atoms with Crippen molar-refractivity contribution in [2.75, 3.05) is 13.2 Å². The van der Waals surface area contributed by atoms with Gasteiger partial charge < -0.3 is 9.47 Å². The van der Waals surface area contributed by atoms with Gasteiger partial charge in [-0.25, -0.2) is 0 Å². The second-order valence-corrected chi connectivity index (χ2v) is 5.39. The maximum atomic E-state index is 11.5. The number of ketones is 1. The van der Waals surface area contributed by atoms with Gasteiger partial charge in [0.05, 0.1) is 18.3 Å². The molecule has 20 heavy (non-hydrogen) atoms. The van der Waals surface area contributed by atoms with E-state index in [1.165, 1.54) is 38.5 Å². The van der Waals surface area contributed by atoms with Gasteiger partial charge in [-0.2, -0.15) is 0 Å². The maximum Gasteiger partial charge on any atom is 0.163 e. The van der Waals surface area contributed by atoms with Crippen molar-refractivity contribution in [3.05, 3.63) is 29.8 Å². The molecule has 0 aliphatic heterocycles. The Morgan fingerprint density at radius 2 is 1.80 bits per heavy atom. The third kappa shape index (κ3) is 4.64. The molecule has 1 aromatic carbocycles. The summed E-state index contributed by atoms with van der Waals surface area (Å²) in [5.74, 6) is 0.690. The van der Waals surface area contributed by atoms with E-state index in [1.807, 2.05) is 18.2 Å². The lowest BCUT2D eigenvalue weighted by Gasteiger charge is -2.16. The van der Waals surface area contributed by atoms with Crippen LogP contribution in [0, 0.1) is 0 Å². The predicted octanol–water partition coefficient (Wildman–Crippen LogP) is 4.01. The lowest BCUT2D eigenvalue weighted by molar-refractivity contribution is 0.0252. The highest BCUT2D eigenvalue weighted by atomic mass is 16.5. The molecule has 0 heterocycles. The minimum absolute atomic E-state index is 0.0327. The summed E-state index contributed by atoms with van der Waals surface area (Å²) >= 11 is 0. The van der Waals surface area contributed by atoms with Gasteiger partial charge in [-0.05, 0) is 31.9 Å². The van der Waals surface area contributed by atoms with Crippen LogP contribution in [0.4, 0.5) is 0 Å². The normalized spacial score (nSPS) is 16.6. The van der Waals surface area contributed by atoms with Crippen LogP contribution >= 0.6 is 0 Å². The van der Waals surface area contributed by atoms with E-state index < -0.39 is 0 Å². The van der Waals surface area contributed by atoms with E-state index in [0.717, 1.165) is 0 Å². The van der Waals surface area contributed by atoms with Crippen molar-refractivity contribution in [1.29, 1.82) is 0 Å². The molecule has 1 aliphatic carbocycles. The fourth-order valence-corrected chi connectivity index (χ4v) is 2.66. The summed E-state index contributed by atoms with van der Waals surface area (Å²) in [5, 5.41) is 0. The summed E-state index contributed by atoms with van der Waals surface area (Å²) in [7, 11) is 0. The lowest BCUT2D eigenvalue weighted by atomic mass is 10.1. The monoisotopic (exact) mass is 276 g/mol. The van der Waals surface area contributed by atoms with Crippen molar-refractivity contribution in [2.45, 2.75) is 51.6 Å². The second kappa shape index (κ2) is 8.05. The van der Waals surface area contributed by atoms with Crippen molar-refractivity contribution in [3.63, 3.8) is 0 Å². The topological polar surface area (TPSA) is 35.5 Å². The highest BCUT2D eigenvalue weighted by molar-refractivity contribution is 5.96. The molecule has 0 radical (unpaired) electrons. The van der Waals surface area contributed by atoms with Gasteiger partial charge in [0.15, 0.2) is 5.78 Å². The smallest absolute Gasteiger partial charge is 0.163 e. The number of rotatable bonds is 6. The van der Waals surface area contributed by atoms with Crippen LogP contribution in [0.2, 0.25) is 0 Å². The van der Waals surface area contributed by atoms with Gasteiger partial charge in [0.2, 0.25) is 0 Å². The average Bonchev–Trinajstić information content (AvgIpc) is 2.72. The average molecular weight is 276 g/mol. The van der Waals surface area contributed by atoms with E-state index in [1.54, 1.807) is 13.0 Å². The molecule has 0 spiro atoms. The Kier molecular flexibility index (Phi) is 6.06. The Hall–Kier alpha value is -1.35. The van der Waals surface area contributed by atoms with Crippen LogP contribution in [-0.2, 0) is 4.74 Å². The molecule has 0 N–H and O–H groups in total. The fourth-order valence-electron chi connectivity index (χ4n) is 2.66. The number of para-hydroxylation sites is 1. The summed E-state index contributed by atoms with van der Waals surface area (Å²) in [6, 6.07) is 7.37. The summed E-state index contributed by atoms with van der Waals surface area (Å²) in [4.78, 5) is 11.5. The van der Waals surface area contributed by atoms with Gasteiger partial charge in [0, 0.05) is 0 Å². The molecule has 1 saturated carbocycles. The Morgan fingerprint density at radius 3 is 2.50 bits per heavy atom. The molecule has 0 bridgehead atoms. The first kappa shape index (κ1) is 15.0. The number of carbonyl (C=O) groups excluding carboxylic acids is 1. The quantitative estimate of drug-likeness (QED) is 0.447. The van der Waals surface area contributed by atoms with E-state index in [0.29, 0.717) is 30.6 Å². The first-order chi connectivity index (χ1) is 9.77. The lowest BCUT2D eigenvalue weighted by Crippen LogP contribution is -2.17. The highest BCUT2D eigenvalue weighted by Crippen LogP contribution is 2.20. The van der Waals surface area contributed by atoms with E-state index >= 15 is 0 Å². The fraction of sp³-hybridized carbons (Fsp3) is 0.588. The Morgan fingerprint density at radius 1 is 1.10 bits per heavy atom. The summed E-state index contributed by atoms with van der Waals surface area (Å²) in [6.07, 6.45) is 7.96. The zero-order chi connectivity index (χ0) is 14.2. The summed E-state index contributed by atoms with van der Waals surface area (Å²) in [5.41, 5.74) is 0.641. The Balaban J connectivity index is 1.74. The number of Topliss-reactive ketones (excluding diaryl/α,β-unsaturated/α-hetero) is 1. The molecule has 110 valence electrons. The van der Waals surface area contributed by atoms with Crippen LogP contribution in [0.3, 0.4) is 0 Å². The molecule has 0 atom stereocenters. The third-order valence-corrected chi connectivity index (χ3v) is 3.76. The van der Waals surface area contributed by atoms with E-state index in [-0.39, 0.29) is 5.78 Å². The van der Waals surface area contributed by atoms with Gasteiger partial charge in [-0.3, -0.25) is 4.79 Å². The van der Waals surface area contributed by atoms with Crippen LogP contribution in [0.1, 0.15) is 55.8 Å². The minimum atomic E-state index is 0.0327. The zero-order valence-electron chi connectivity index (χ0n) is 12.3. The van der Waals surface area contributed by atoms with Crippen LogP contribution in [-0.4, -0.2) is 25.1 Å². The third-order valence-electron chi connectivity index (χ3n) is 3.76. The first-order valence-corrected chi connectivity index (χ1v) is 7.62. The largest absolute Gasteiger partial charge is 0.490 e. The van der Waals surface area contributed by atoms with Crippen molar-refractivity contribution < 1.29 is 14.3 Å². The van der Waals surface area contributed by atoms with Gasteiger partial charge in [-0.15, -0.1) is 0 Å². The molecule has 3 heteroatoms. The molecule has 1 aliphatic rings. The summed E-state index contributed by atoms with van der Waals surface area (Å²) < 4.78 is 11.6. The van der Waals surface area contributed by atoms with E-state index in [2.05, 4.69) is 0 Å². The van der Waals surface area contributed by atoms with Gasteiger partial charge >= 0.3 is 0 Å². The number of ether oxygens (including phenoxy) is 2. The van der Waals surface area contributed by atoms with Crippen molar-refractivity contribution >= 4 is 5.78 Å². The van der Waals surface area contributed by atoms with Crippen LogP contribution in [0.25, 0.3) is 0 Å². The summed E-state index contributed by atoms with van der Waals surface area (Å²) in [6.45, 7) is 2.65. The molecule has 0 saturated heterocycles.